The van der Waals surface area contributed by atoms with Gasteiger partial charge in [0.2, 0.25) is 5.91 Å². The molecule has 0 aromatic heterocycles. The molecule has 27 heavy (non-hydrogen) atoms. The van der Waals surface area contributed by atoms with Gasteiger partial charge in [-0.15, -0.1) is 0 Å². The van der Waals surface area contributed by atoms with Gasteiger partial charge in [0.15, 0.2) is 0 Å². The molecule has 0 radical (unpaired) electrons. The van der Waals surface area contributed by atoms with Gasteiger partial charge in [-0.3, -0.25) is 19.7 Å². The Hall–Kier alpha value is -3.22. The number of hydrogen-bond donors (Lipinski definition) is 1. The van der Waals surface area contributed by atoms with Gasteiger partial charge in [0.25, 0.3) is 5.69 Å². The third-order valence-electron chi connectivity index (χ3n) is 4.17. The summed E-state index contributed by atoms with van der Waals surface area (Å²) >= 11 is 0. The van der Waals surface area contributed by atoms with E-state index >= 15 is 0 Å². The van der Waals surface area contributed by atoms with Crippen LogP contribution in [0.3, 0.4) is 0 Å². The van der Waals surface area contributed by atoms with Crippen molar-refractivity contribution in [3.05, 3.63) is 75.8 Å². The van der Waals surface area contributed by atoms with E-state index in [1.54, 1.807) is 19.9 Å². The number of amides is 1. The van der Waals surface area contributed by atoms with E-state index in [-0.39, 0.29) is 24.6 Å². The van der Waals surface area contributed by atoms with Gasteiger partial charge in [-0.1, -0.05) is 42.5 Å². The van der Waals surface area contributed by atoms with Crippen molar-refractivity contribution in [2.75, 3.05) is 6.61 Å². The lowest BCUT2D eigenvalue weighted by Crippen LogP contribution is -2.33. The van der Waals surface area contributed by atoms with E-state index in [0.29, 0.717) is 5.56 Å². The maximum Gasteiger partial charge on any atom is 0.308 e. The zero-order valence-corrected chi connectivity index (χ0v) is 15.3. The van der Waals surface area contributed by atoms with E-state index in [1.807, 2.05) is 30.3 Å². The van der Waals surface area contributed by atoms with Gasteiger partial charge in [-0.05, 0) is 25.0 Å². The highest BCUT2D eigenvalue weighted by Crippen LogP contribution is 2.24. The quantitative estimate of drug-likeness (QED) is 0.435. The molecule has 2 atom stereocenters. The maximum absolute atomic E-state index is 12.7. The molecule has 2 aromatic rings. The fourth-order valence-corrected chi connectivity index (χ4v) is 2.68. The third-order valence-corrected chi connectivity index (χ3v) is 4.17. The molecule has 0 saturated heterocycles. The van der Waals surface area contributed by atoms with Gasteiger partial charge in [-0.25, -0.2) is 0 Å². The monoisotopic (exact) mass is 370 g/mol. The lowest BCUT2D eigenvalue weighted by Gasteiger charge is -2.21. The number of carbonyl (C=O) groups excluding carboxylic acids is 2. The van der Waals surface area contributed by atoms with Crippen molar-refractivity contribution in [2.45, 2.75) is 32.2 Å². The van der Waals surface area contributed by atoms with Gasteiger partial charge in [-0.2, -0.15) is 0 Å². The number of benzene rings is 2. The predicted octanol–water partition coefficient (Wildman–Crippen LogP) is 3.51. The minimum atomic E-state index is -0.720. The molecule has 2 unspecified atom stereocenters. The molecule has 0 aliphatic carbocycles. The highest BCUT2D eigenvalue weighted by Gasteiger charge is 2.24. The summed E-state index contributed by atoms with van der Waals surface area (Å²) in [6, 6.07) is 14.4. The molecular formula is C20H22N2O5. The van der Waals surface area contributed by atoms with Gasteiger partial charge in [0.05, 0.1) is 29.9 Å². The molecule has 2 aromatic carbocycles. The van der Waals surface area contributed by atoms with E-state index in [9.17, 15) is 19.7 Å². The molecule has 0 saturated carbocycles. The van der Waals surface area contributed by atoms with Crippen molar-refractivity contribution < 1.29 is 19.2 Å². The van der Waals surface area contributed by atoms with Crippen LogP contribution < -0.4 is 5.32 Å². The molecule has 0 fully saturated rings. The van der Waals surface area contributed by atoms with Gasteiger partial charge in [0.1, 0.15) is 0 Å². The van der Waals surface area contributed by atoms with Crippen molar-refractivity contribution in [2.24, 2.45) is 0 Å². The summed E-state index contributed by atoms with van der Waals surface area (Å²) in [5.41, 5.74) is 1.21. The molecule has 0 spiro atoms. The SMILES string of the molecule is CCOC(=O)CC(NC(=O)C(C)c1ccccc1)c1cccc([N+](=O)[O-])c1. The van der Waals surface area contributed by atoms with Crippen LogP contribution >= 0.6 is 0 Å². The van der Waals surface area contributed by atoms with Crippen LogP contribution in [-0.2, 0) is 14.3 Å². The number of hydrogen-bond acceptors (Lipinski definition) is 5. The summed E-state index contributed by atoms with van der Waals surface area (Å²) in [6.45, 7) is 3.67. The van der Waals surface area contributed by atoms with Crippen molar-refractivity contribution in [3.63, 3.8) is 0 Å². The van der Waals surface area contributed by atoms with Crippen LogP contribution in [0.1, 0.15) is 43.4 Å². The Balaban J connectivity index is 2.24. The van der Waals surface area contributed by atoms with Crippen LogP contribution in [-0.4, -0.2) is 23.4 Å². The zero-order valence-electron chi connectivity index (χ0n) is 15.3. The first-order valence-corrected chi connectivity index (χ1v) is 8.67. The Morgan fingerprint density at radius 3 is 2.41 bits per heavy atom. The van der Waals surface area contributed by atoms with Crippen LogP contribution in [0.2, 0.25) is 0 Å². The smallest absolute Gasteiger partial charge is 0.308 e. The van der Waals surface area contributed by atoms with Crippen LogP contribution in [0.25, 0.3) is 0 Å². The van der Waals surface area contributed by atoms with E-state index in [0.717, 1.165) is 5.56 Å². The second-order valence-electron chi connectivity index (χ2n) is 6.05. The number of rotatable bonds is 8. The molecule has 2 rings (SSSR count). The molecule has 142 valence electrons. The molecule has 7 nitrogen and oxygen atoms in total. The summed E-state index contributed by atoms with van der Waals surface area (Å²) < 4.78 is 4.97. The van der Waals surface area contributed by atoms with Crippen molar-refractivity contribution >= 4 is 17.6 Å². The number of nitrogens with one attached hydrogen (secondary N) is 1. The van der Waals surface area contributed by atoms with Crippen LogP contribution in [0, 0.1) is 10.1 Å². The molecule has 7 heteroatoms. The first kappa shape index (κ1) is 20.1. The topological polar surface area (TPSA) is 98.5 Å². The van der Waals surface area contributed by atoms with E-state index < -0.39 is 22.9 Å². The standard InChI is InChI=1S/C20H22N2O5/c1-3-27-19(23)13-18(16-10-7-11-17(12-16)22(25)26)21-20(24)14(2)15-8-5-4-6-9-15/h4-12,14,18H,3,13H2,1-2H3,(H,21,24). The predicted molar refractivity (Wildman–Crippen MR) is 100 cm³/mol. The van der Waals surface area contributed by atoms with Gasteiger partial charge in [0, 0.05) is 12.1 Å². The summed E-state index contributed by atoms with van der Waals surface area (Å²) in [5.74, 6) is -1.20. The molecule has 0 aliphatic rings. The summed E-state index contributed by atoms with van der Waals surface area (Å²) in [4.78, 5) is 35.2. The van der Waals surface area contributed by atoms with E-state index in [1.165, 1.54) is 18.2 Å². The van der Waals surface area contributed by atoms with Crippen molar-refractivity contribution in [1.82, 2.24) is 5.32 Å². The number of nitro benzene ring substituents is 1. The molecule has 1 amide bonds. The number of esters is 1. The van der Waals surface area contributed by atoms with E-state index in [4.69, 9.17) is 4.74 Å². The van der Waals surface area contributed by atoms with E-state index in [2.05, 4.69) is 5.32 Å². The first-order chi connectivity index (χ1) is 12.9. The van der Waals surface area contributed by atoms with Crippen molar-refractivity contribution in [3.8, 4) is 0 Å². The lowest BCUT2D eigenvalue weighted by molar-refractivity contribution is -0.384. The number of carbonyl (C=O) groups is 2. The number of non-ortho nitro benzene ring substituents is 1. The summed E-state index contributed by atoms with van der Waals surface area (Å²) in [5, 5.41) is 13.9. The molecular weight excluding hydrogens is 348 g/mol. The minimum Gasteiger partial charge on any atom is -0.466 e. The fourth-order valence-electron chi connectivity index (χ4n) is 2.68. The fraction of sp³-hybridized carbons (Fsp3) is 0.300. The van der Waals surface area contributed by atoms with Gasteiger partial charge >= 0.3 is 5.97 Å². The maximum atomic E-state index is 12.7. The highest BCUT2D eigenvalue weighted by atomic mass is 16.6. The zero-order chi connectivity index (χ0) is 19.8. The minimum absolute atomic E-state index is 0.105. The molecule has 0 aliphatic heterocycles. The number of nitro groups is 1. The molecule has 0 heterocycles. The second kappa shape index (κ2) is 9.47. The summed E-state index contributed by atoms with van der Waals surface area (Å²) in [7, 11) is 0. The normalized spacial score (nSPS) is 12.7. The number of ether oxygens (including phenoxy) is 1. The summed E-state index contributed by atoms with van der Waals surface area (Å²) in [6.07, 6.45) is -0.109. The van der Waals surface area contributed by atoms with Crippen LogP contribution in [0.5, 0.6) is 0 Å². The Labute approximate surface area is 157 Å². The average Bonchev–Trinajstić information content (AvgIpc) is 2.67. The third kappa shape index (κ3) is 5.64. The Morgan fingerprint density at radius 2 is 1.78 bits per heavy atom. The number of nitrogens with zero attached hydrogens (tertiary/aromatic N) is 1. The largest absolute Gasteiger partial charge is 0.466 e. The van der Waals surface area contributed by atoms with Crippen LogP contribution in [0.15, 0.2) is 54.6 Å². The first-order valence-electron chi connectivity index (χ1n) is 8.67. The average molecular weight is 370 g/mol. The van der Waals surface area contributed by atoms with Crippen molar-refractivity contribution in [1.29, 1.82) is 0 Å². The lowest BCUT2D eigenvalue weighted by atomic mass is 9.98. The Kier molecular flexibility index (Phi) is 7.05. The van der Waals surface area contributed by atoms with Gasteiger partial charge < -0.3 is 10.1 Å². The highest BCUT2D eigenvalue weighted by molar-refractivity contribution is 5.84. The Morgan fingerprint density at radius 1 is 1.11 bits per heavy atom. The van der Waals surface area contributed by atoms with Crippen LogP contribution in [0.4, 0.5) is 5.69 Å². The Bertz CT molecular complexity index is 807. The second-order valence-corrected chi connectivity index (χ2v) is 6.05. The molecule has 1 N–H and O–H groups in total. The molecule has 0 bridgehead atoms.